The first-order chi connectivity index (χ1) is 4.57. The van der Waals surface area contributed by atoms with E-state index < -0.39 is 5.97 Å². The van der Waals surface area contributed by atoms with E-state index >= 15 is 0 Å². The Hall–Kier alpha value is -0.180. The van der Waals surface area contributed by atoms with Crippen LogP contribution < -0.4 is 0 Å². The van der Waals surface area contributed by atoms with Crippen molar-refractivity contribution in [3.05, 3.63) is 0 Å². The second kappa shape index (κ2) is 4.61. The predicted octanol–water partition coefficient (Wildman–Crippen LogP) is 1.66. The van der Waals surface area contributed by atoms with Crippen LogP contribution in [0.3, 0.4) is 0 Å². The molecule has 0 aliphatic heterocycles. The van der Waals surface area contributed by atoms with Gasteiger partial charge in [0.1, 0.15) is 0 Å². The lowest BCUT2D eigenvalue weighted by Crippen LogP contribution is -2.17. The van der Waals surface area contributed by atoms with Crippen molar-refractivity contribution in [2.75, 3.05) is 5.75 Å². The molecule has 0 heterocycles. The second-order valence-corrected chi connectivity index (χ2v) is 3.21. The second-order valence-electron chi connectivity index (χ2n) is 2.85. The molecule has 1 atom stereocenters. The highest BCUT2D eigenvalue weighted by Gasteiger charge is 2.16. The minimum Gasteiger partial charge on any atom is -0.481 e. The van der Waals surface area contributed by atoms with Crippen molar-refractivity contribution in [2.24, 2.45) is 11.8 Å². The molecule has 0 aromatic rings. The van der Waals surface area contributed by atoms with Crippen molar-refractivity contribution in [2.45, 2.75) is 20.3 Å². The van der Waals surface area contributed by atoms with E-state index in [1.165, 1.54) is 0 Å². The Labute approximate surface area is 67.0 Å². The topological polar surface area (TPSA) is 37.3 Å². The highest BCUT2D eigenvalue weighted by atomic mass is 32.1. The molecule has 0 amide bonds. The maximum absolute atomic E-state index is 10.4. The van der Waals surface area contributed by atoms with Crippen LogP contribution in [-0.2, 0) is 4.79 Å². The average Bonchev–Trinajstić information content (AvgIpc) is 1.81. The smallest absolute Gasteiger partial charge is 0.307 e. The van der Waals surface area contributed by atoms with Gasteiger partial charge in [-0.1, -0.05) is 13.8 Å². The first kappa shape index (κ1) is 9.82. The van der Waals surface area contributed by atoms with Gasteiger partial charge in [0.2, 0.25) is 0 Å². The Bertz CT molecular complexity index is 112. The van der Waals surface area contributed by atoms with E-state index in [9.17, 15) is 4.79 Å². The van der Waals surface area contributed by atoms with E-state index in [1.807, 2.05) is 13.8 Å². The van der Waals surface area contributed by atoms with Crippen molar-refractivity contribution < 1.29 is 9.90 Å². The molecule has 1 N–H and O–H groups in total. The zero-order valence-corrected chi connectivity index (χ0v) is 7.27. The van der Waals surface area contributed by atoms with E-state index in [2.05, 4.69) is 12.6 Å². The minimum absolute atomic E-state index is 0.275. The Kier molecular flexibility index (Phi) is 4.52. The summed E-state index contributed by atoms with van der Waals surface area (Å²) in [6.07, 6.45) is 0.721. The van der Waals surface area contributed by atoms with Crippen LogP contribution >= 0.6 is 12.6 Å². The largest absolute Gasteiger partial charge is 0.481 e. The van der Waals surface area contributed by atoms with E-state index in [0.717, 1.165) is 6.42 Å². The van der Waals surface area contributed by atoms with E-state index in [0.29, 0.717) is 11.7 Å². The van der Waals surface area contributed by atoms with Gasteiger partial charge < -0.3 is 5.11 Å². The number of hydrogen-bond donors (Lipinski definition) is 2. The molecule has 0 aromatic heterocycles. The van der Waals surface area contributed by atoms with E-state index in [4.69, 9.17) is 5.11 Å². The average molecular weight is 162 g/mol. The molecule has 0 unspecified atom stereocenters. The van der Waals surface area contributed by atoms with Gasteiger partial charge in [-0.3, -0.25) is 4.79 Å². The number of rotatable bonds is 4. The summed E-state index contributed by atoms with van der Waals surface area (Å²) in [5.41, 5.74) is 0. The number of hydrogen-bond acceptors (Lipinski definition) is 2. The third-order valence-electron chi connectivity index (χ3n) is 1.33. The standard InChI is InChI=1S/C7H14O2S/c1-5(2)3-6(4-10)7(8)9/h5-6,10H,3-4H2,1-2H3,(H,8,9)/t6-/m1/s1. The van der Waals surface area contributed by atoms with E-state index in [-0.39, 0.29) is 5.92 Å². The first-order valence-electron chi connectivity index (χ1n) is 3.41. The van der Waals surface area contributed by atoms with Gasteiger partial charge in [0.05, 0.1) is 5.92 Å². The predicted molar refractivity (Wildman–Crippen MR) is 44.4 cm³/mol. The van der Waals surface area contributed by atoms with Crippen molar-refractivity contribution in [3.63, 3.8) is 0 Å². The summed E-state index contributed by atoms with van der Waals surface area (Å²) in [6.45, 7) is 4.03. The molecule has 10 heavy (non-hydrogen) atoms. The van der Waals surface area contributed by atoms with Crippen LogP contribution in [-0.4, -0.2) is 16.8 Å². The molecule has 60 valence electrons. The highest BCUT2D eigenvalue weighted by Crippen LogP contribution is 2.12. The quantitative estimate of drug-likeness (QED) is 0.617. The van der Waals surface area contributed by atoms with Crippen LogP contribution in [0.5, 0.6) is 0 Å². The van der Waals surface area contributed by atoms with Crippen molar-refractivity contribution in [1.82, 2.24) is 0 Å². The lowest BCUT2D eigenvalue weighted by molar-refractivity contribution is -0.141. The highest BCUT2D eigenvalue weighted by molar-refractivity contribution is 7.80. The molecule has 2 nitrogen and oxygen atoms in total. The normalized spacial score (nSPS) is 13.6. The fraction of sp³-hybridized carbons (Fsp3) is 0.857. The SMILES string of the molecule is CC(C)C[C@H](CS)C(=O)O. The molecule has 0 fully saturated rings. The van der Waals surface area contributed by atoms with E-state index in [1.54, 1.807) is 0 Å². The minimum atomic E-state index is -0.733. The van der Waals surface area contributed by atoms with Gasteiger partial charge in [-0.25, -0.2) is 0 Å². The fourth-order valence-corrected chi connectivity index (χ4v) is 1.13. The third kappa shape index (κ3) is 3.77. The van der Waals surface area contributed by atoms with Gasteiger partial charge in [0.25, 0.3) is 0 Å². The summed E-state index contributed by atoms with van der Waals surface area (Å²) >= 11 is 3.95. The molecule has 0 aliphatic rings. The summed E-state index contributed by atoms with van der Waals surface area (Å²) in [7, 11) is 0. The Balaban J connectivity index is 3.72. The van der Waals surface area contributed by atoms with Gasteiger partial charge in [-0.05, 0) is 12.3 Å². The van der Waals surface area contributed by atoms with Crippen molar-refractivity contribution in [1.29, 1.82) is 0 Å². The summed E-state index contributed by atoms with van der Waals surface area (Å²) < 4.78 is 0. The molecule has 0 spiro atoms. The molecule has 0 bridgehead atoms. The number of carboxylic acid groups (broad SMARTS) is 1. The molecular formula is C7H14O2S. The van der Waals surface area contributed by atoms with Gasteiger partial charge in [-0.15, -0.1) is 0 Å². The lowest BCUT2D eigenvalue weighted by Gasteiger charge is -2.10. The summed E-state index contributed by atoms with van der Waals surface area (Å²) in [4.78, 5) is 10.4. The maximum Gasteiger partial charge on any atom is 0.307 e. The number of carbonyl (C=O) groups is 1. The summed E-state index contributed by atoms with van der Waals surface area (Å²) in [5, 5.41) is 8.57. The van der Waals surface area contributed by atoms with Gasteiger partial charge in [-0.2, -0.15) is 12.6 Å². The van der Waals surface area contributed by atoms with Crippen LogP contribution in [0, 0.1) is 11.8 Å². The molecule has 0 saturated carbocycles. The molecule has 0 aliphatic carbocycles. The molecule has 0 saturated heterocycles. The number of aliphatic carboxylic acids is 1. The van der Waals surface area contributed by atoms with Gasteiger partial charge in [0.15, 0.2) is 0 Å². The summed E-state index contributed by atoms with van der Waals surface area (Å²) in [6, 6.07) is 0. The molecule has 0 aromatic carbocycles. The molecule has 3 heteroatoms. The molecule has 0 radical (unpaired) electrons. The zero-order valence-electron chi connectivity index (χ0n) is 6.37. The lowest BCUT2D eigenvalue weighted by atomic mass is 9.99. The van der Waals surface area contributed by atoms with Crippen molar-refractivity contribution >= 4 is 18.6 Å². The number of thiol groups is 1. The Morgan fingerprint density at radius 1 is 1.60 bits per heavy atom. The van der Waals surface area contributed by atoms with Gasteiger partial charge >= 0.3 is 5.97 Å². The van der Waals surface area contributed by atoms with Crippen LogP contribution in [0.2, 0.25) is 0 Å². The Morgan fingerprint density at radius 3 is 2.20 bits per heavy atom. The maximum atomic E-state index is 10.4. The van der Waals surface area contributed by atoms with Gasteiger partial charge in [0, 0.05) is 5.75 Å². The van der Waals surface area contributed by atoms with Crippen molar-refractivity contribution in [3.8, 4) is 0 Å². The van der Waals surface area contributed by atoms with Crippen LogP contribution in [0.1, 0.15) is 20.3 Å². The van der Waals surface area contributed by atoms with Crippen LogP contribution in [0.25, 0.3) is 0 Å². The van der Waals surface area contributed by atoms with Crippen LogP contribution in [0.15, 0.2) is 0 Å². The molecule has 0 rings (SSSR count). The Morgan fingerprint density at radius 2 is 2.10 bits per heavy atom. The molecular weight excluding hydrogens is 148 g/mol. The summed E-state index contributed by atoms with van der Waals surface area (Å²) in [5.74, 6) is -0.131. The van der Waals surface area contributed by atoms with Crippen LogP contribution in [0.4, 0.5) is 0 Å². The fourth-order valence-electron chi connectivity index (χ4n) is 0.822. The monoisotopic (exact) mass is 162 g/mol. The third-order valence-corrected chi connectivity index (χ3v) is 1.77. The first-order valence-corrected chi connectivity index (χ1v) is 4.04. The number of carboxylic acids is 1. The zero-order chi connectivity index (χ0) is 8.15.